The number of aromatic nitrogens is 1. The summed E-state index contributed by atoms with van der Waals surface area (Å²) in [4.78, 5) is 44.5. The predicted octanol–water partition coefficient (Wildman–Crippen LogP) is 3.92. The Balaban J connectivity index is 1.51. The molecular weight excluding hydrogens is 578 g/mol. The van der Waals surface area contributed by atoms with Gasteiger partial charge in [-0.3, -0.25) is 14.4 Å². The number of ether oxygens (including phenoxy) is 2. The molecule has 1 fully saturated rings. The maximum atomic E-state index is 13.8. The normalized spacial score (nSPS) is 14.0. The van der Waals surface area contributed by atoms with Gasteiger partial charge < -0.3 is 14.4 Å². The lowest BCUT2D eigenvalue weighted by Gasteiger charge is -2.24. The largest absolute Gasteiger partial charge is 0.496 e. The highest BCUT2D eigenvalue weighted by Crippen LogP contribution is 2.30. The molecule has 1 aromatic heterocycles. The minimum atomic E-state index is -3.94. The Morgan fingerprint density at radius 1 is 1.10 bits per heavy atom. The van der Waals surface area contributed by atoms with Crippen LogP contribution >= 0.6 is 11.3 Å². The molecule has 1 aliphatic heterocycles. The predicted molar refractivity (Wildman–Crippen MR) is 160 cm³/mol. The topological polar surface area (TPSA) is 123 Å². The first-order valence-electron chi connectivity index (χ1n) is 13.6. The fourth-order valence-corrected chi connectivity index (χ4v) is 7.04. The van der Waals surface area contributed by atoms with Crippen LogP contribution in [0.3, 0.4) is 0 Å². The van der Waals surface area contributed by atoms with Crippen LogP contribution < -0.4 is 9.47 Å². The van der Waals surface area contributed by atoms with Crippen molar-refractivity contribution in [2.45, 2.75) is 39.2 Å². The standard InChI is InChI=1S/C30H35N3O7S2/c1-21-27(39-2)15-23(16-28(21)40-3)30(36)32(13-7-11-22-9-5-4-6-10-22)18-29-31-25(19-41-29)26(35)20-42(37,38)33-14-8-12-24(34)17-33/h4-6,9-10,15-16,19H,7-8,11-14,17-18,20H2,1-3H3. The molecule has 12 heteroatoms. The Labute approximate surface area is 250 Å². The molecule has 42 heavy (non-hydrogen) atoms. The third kappa shape index (κ3) is 7.81. The molecule has 0 spiro atoms. The number of methoxy groups -OCH3 is 2. The number of aryl methyl sites for hydroxylation is 1. The van der Waals surface area contributed by atoms with Gasteiger partial charge in [-0.15, -0.1) is 11.3 Å². The third-order valence-corrected chi connectivity index (χ3v) is 9.67. The zero-order valence-corrected chi connectivity index (χ0v) is 25.6. The molecule has 3 aromatic rings. The van der Waals surface area contributed by atoms with E-state index in [0.717, 1.165) is 21.9 Å². The molecule has 1 aliphatic rings. The molecule has 0 bridgehead atoms. The second kappa shape index (κ2) is 14.0. The monoisotopic (exact) mass is 613 g/mol. The van der Waals surface area contributed by atoms with Crippen LogP contribution in [0.15, 0.2) is 47.8 Å². The van der Waals surface area contributed by atoms with Crippen LogP contribution in [-0.2, 0) is 27.8 Å². The first-order chi connectivity index (χ1) is 20.1. The number of rotatable bonds is 13. The highest BCUT2D eigenvalue weighted by atomic mass is 32.2. The van der Waals surface area contributed by atoms with Gasteiger partial charge in [-0.25, -0.2) is 13.4 Å². The van der Waals surface area contributed by atoms with E-state index in [4.69, 9.17) is 9.47 Å². The van der Waals surface area contributed by atoms with E-state index in [1.807, 2.05) is 37.3 Å². The van der Waals surface area contributed by atoms with Crippen molar-refractivity contribution in [2.75, 3.05) is 39.6 Å². The number of carbonyl (C=O) groups is 3. The number of benzene rings is 2. The molecule has 0 atom stereocenters. The summed E-state index contributed by atoms with van der Waals surface area (Å²) in [6, 6.07) is 13.3. The molecule has 10 nitrogen and oxygen atoms in total. The maximum absolute atomic E-state index is 13.8. The van der Waals surface area contributed by atoms with Crippen molar-refractivity contribution >= 4 is 38.8 Å². The summed E-state index contributed by atoms with van der Waals surface area (Å²) < 4.78 is 37.5. The van der Waals surface area contributed by atoms with Gasteiger partial charge in [0.15, 0.2) is 5.78 Å². The number of piperidine rings is 1. The lowest BCUT2D eigenvalue weighted by atomic mass is 10.1. The SMILES string of the molecule is COc1cc(C(=O)N(CCCc2ccccc2)Cc2nc(C(=O)CS(=O)(=O)N3CCCC(=O)C3)cs2)cc(OC)c1C. The molecule has 2 heterocycles. The van der Waals surface area contributed by atoms with Crippen LogP contribution in [0.25, 0.3) is 0 Å². The van der Waals surface area contributed by atoms with Gasteiger partial charge in [-0.1, -0.05) is 30.3 Å². The number of thiazole rings is 1. The minimum Gasteiger partial charge on any atom is -0.496 e. The second-order valence-corrected chi connectivity index (χ2v) is 13.0. The Hall–Kier alpha value is -3.61. The van der Waals surface area contributed by atoms with Crippen LogP contribution in [-0.4, -0.2) is 79.7 Å². The molecule has 0 N–H and O–H groups in total. The lowest BCUT2D eigenvalue weighted by molar-refractivity contribution is -0.120. The van der Waals surface area contributed by atoms with Gasteiger partial charge in [0.25, 0.3) is 5.91 Å². The van der Waals surface area contributed by atoms with E-state index in [0.29, 0.717) is 47.9 Å². The average molecular weight is 614 g/mol. The molecule has 0 unspecified atom stereocenters. The summed E-state index contributed by atoms with van der Waals surface area (Å²) in [5.41, 5.74) is 2.35. The highest BCUT2D eigenvalue weighted by molar-refractivity contribution is 7.89. The second-order valence-electron chi connectivity index (χ2n) is 10.1. The highest BCUT2D eigenvalue weighted by Gasteiger charge is 2.31. The molecule has 4 rings (SSSR count). The van der Waals surface area contributed by atoms with Crippen molar-refractivity contribution in [1.82, 2.24) is 14.2 Å². The molecule has 0 radical (unpaired) electrons. The first kappa shape index (κ1) is 31.3. The van der Waals surface area contributed by atoms with E-state index >= 15 is 0 Å². The summed E-state index contributed by atoms with van der Waals surface area (Å²) in [7, 11) is -0.877. The van der Waals surface area contributed by atoms with Crippen molar-refractivity contribution in [1.29, 1.82) is 0 Å². The van der Waals surface area contributed by atoms with Crippen molar-refractivity contribution in [3.05, 3.63) is 75.2 Å². The Morgan fingerprint density at radius 2 is 1.79 bits per heavy atom. The van der Waals surface area contributed by atoms with E-state index in [9.17, 15) is 22.8 Å². The molecule has 0 saturated carbocycles. The maximum Gasteiger partial charge on any atom is 0.254 e. The quantitative estimate of drug-likeness (QED) is 0.266. The van der Waals surface area contributed by atoms with E-state index in [1.165, 1.54) is 30.9 Å². The smallest absolute Gasteiger partial charge is 0.254 e. The van der Waals surface area contributed by atoms with Crippen molar-refractivity contribution in [3.63, 3.8) is 0 Å². The number of Topliss-reactive ketones (excluding diaryl/α,β-unsaturated/α-hetero) is 2. The summed E-state index contributed by atoms with van der Waals surface area (Å²) in [6.45, 7) is 2.43. The summed E-state index contributed by atoms with van der Waals surface area (Å²) in [5, 5.41) is 2.02. The van der Waals surface area contributed by atoms with Crippen molar-refractivity contribution in [3.8, 4) is 11.5 Å². The Morgan fingerprint density at radius 3 is 2.43 bits per heavy atom. The summed E-state index contributed by atoms with van der Waals surface area (Å²) in [6.07, 6.45) is 2.25. The fraction of sp³-hybridized carbons (Fsp3) is 0.400. The van der Waals surface area contributed by atoms with Crippen molar-refractivity contribution in [2.24, 2.45) is 0 Å². The Bertz CT molecular complexity index is 1510. The van der Waals surface area contributed by atoms with Crippen LogP contribution in [0.2, 0.25) is 0 Å². The van der Waals surface area contributed by atoms with Gasteiger partial charge in [-0.2, -0.15) is 4.31 Å². The number of carbonyl (C=O) groups excluding carboxylic acids is 3. The van der Waals surface area contributed by atoms with E-state index in [1.54, 1.807) is 17.0 Å². The van der Waals surface area contributed by atoms with Gasteiger partial charge in [0.05, 0.1) is 27.3 Å². The number of ketones is 2. The first-order valence-corrected chi connectivity index (χ1v) is 16.1. The molecule has 1 saturated heterocycles. The minimum absolute atomic E-state index is 0.0252. The van der Waals surface area contributed by atoms with Crippen LogP contribution in [0, 0.1) is 6.92 Å². The summed E-state index contributed by atoms with van der Waals surface area (Å²) >= 11 is 1.19. The zero-order valence-electron chi connectivity index (χ0n) is 24.0. The number of hydrogen-bond donors (Lipinski definition) is 0. The lowest BCUT2D eigenvalue weighted by Crippen LogP contribution is -2.42. The molecular formula is C30H35N3O7S2. The van der Waals surface area contributed by atoms with Gasteiger partial charge in [0, 0.05) is 36.0 Å². The number of hydrogen-bond acceptors (Lipinski definition) is 9. The van der Waals surface area contributed by atoms with Gasteiger partial charge >= 0.3 is 0 Å². The Kier molecular flexibility index (Phi) is 10.5. The number of nitrogens with zero attached hydrogens (tertiary/aromatic N) is 3. The van der Waals surface area contributed by atoms with Gasteiger partial charge in [-0.05, 0) is 43.9 Å². The van der Waals surface area contributed by atoms with E-state index in [2.05, 4.69) is 4.98 Å². The molecule has 224 valence electrons. The van der Waals surface area contributed by atoms with Gasteiger partial charge in [0.2, 0.25) is 10.0 Å². The van der Waals surface area contributed by atoms with E-state index < -0.39 is 21.6 Å². The zero-order chi connectivity index (χ0) is 30.3. The van der Waals surface area contributed by atoms with Crippen LogP contribution in [0.4, 0.5) is 0 Å². The number of sulfonamides is 1. The number of amides is 1. The summed E-state index contributed by atoms with van der Waals surface area (Å²) in [5.74, 6) is -0.757. The molecule has 0 aliphatic carbocycles. The van der Waals surface area contributed by atoms with E-state index in [-0.39, 0.29) is 37.0 Å². The average Bonchev–Trinajstić information content (AvgIpc) is 3.45. The van der Waals surface area contributed by atoms with Crippen LogP contribution in [0.5, 0.6) is 11.5 Å². The van der Waals surface area contributed by atoms with Crippen molar-refractivity contribution < 1.29 is 32.3 Å². The molecule has 2 aromatic carbocycles. The van der Waals surface area contributed by atoms with Gasteiger partial charge in [0.1, 0.15) is 33.7 Å². The fourth-order valence-electron chi connectivity index (χ4n) is 4.81. The van der Waals surface area contributed by atoms with Crippen LogP contribution in [0.1, 0.15) is 56.2 Å². The molecule has 1 amide bonds. The third-order valence-electron chi connectivity index (χ3n) is 7.11.